The van der Waals surface area contributed by atoms with Gasteiger partial charge in [-0.1, -0.05) is 23.7 Å². The van der Waals surface area contributed by atoms with Gasteiger partial charge in [-0.15, -0.1) is 0 Å². The molecule has 2 rings (SSSR count). The number of aliphatic carboxylic acids is 1. The molecule has 0 spiro atoms. The van der Waals surface area contributed by atoms with Crippen molar-refractivity contribution in [2.45, 2.75) is 32.2 Å². The standard InChI is InChI=1S/C15H18ClNO3/c1-9(10-4-6-13(16)7-5-10)17-14(18)11-2-3-12(8-11)15(19)20/h4-7,9,11-12H,2-3,8H2,1H3,(H,17,18)(H,19,20)/t9-,11?,12?/m0/s1. The normalized spacial score (nSPS) is 23.3. The van der Waals surface area contributed by atoms with Gasteiger partial charge in [0.25, 0.3) is 0 Å². The summed E-state index contributed by atoms with van der Waals surface area (Å²) < 4.78 is 0. The number of rotatable bonds is 4. The van der Waals surface area contributed by atoms with E-state index in [1.807, 2.05) is 19.1 Å². The van der Waals surface area contributed by atoms with Crippen LogP contribution in [0.3, 0.4) is 0 Å². The van der Waals surface area contributed by atoms with Crippen LogP contribution in [0.4, 0.5) is 0 Å². The number of hydrogen-bond acceptors (Lipinski definition) is 2. The first-order valence-corrected chi connectivity index (χ1v) is 7.14. The first kappa shape index (κ1) is 14.9. The molecule has 2 unspecified atom stereocenters. The van der Waals surface area contributed by atoms with Gasteiger partial charge >= 0.3 is 5.97 Å². The highest BCUT2D eigenvalue weighted by Gasteiger charge is 2.34. The summed E-state index contributed by atoms with van der Waals surface area (Å²) >= 11 is 5.83. The lowest BCUT2D eigenvalue weighted by Crippen LogP contribution is -2.32. The number of carbonyl (C=O) groups is 2. The molecule has 0 saturated heterocycles. The van der Waals surface area contributed by atoms with Crippen molar-refractivity contribution in [1.82, 2.24) is 5.32 Å². The molecule has 1 aliphatic carbocycles. The van der Waals surface area contributed by atoms with E-state index >= 15 is 0 Å². The van der Waals surface area contributed by atoms with E-state index in [-0.39, 0.29) is 23.8 Å². The van der Waals surface area contributed by atoms with Crippen LogP contribution in [0.5, 0.6) is 0 Å². The van der Waals surface area contributed by atoms with Crippen molar-refractivity contribution in [2.75, 3.05) is 0 Å². The summed E-state index contributed by atoms with van der Waals surface area (Å²) in [4.78, 5) is 23.0. The lowest BCUT2D eigenvalue weighted by Gasteiger charge is -2.17. The molecule has 0 aliphatic heterocycles. The maximum Gasteiger partial charge on any atom is 0.306 e. The fourth-order valence-electron chi connectivity index (χ4n) is 2.61. The number of nitrogens with one attached hydrogen (secondary N) is 1. The molecule has 1 aromatic carbocycles. The number of amides is 1. The third-order valence-electron chi connectivity index (χ3n) is 3.88. The van der Waals surface area contributed by atoms with Crippen molar-refractivity contribution in [2.24, 2.45) is 11.8 Å². The molecular weight excluding hydrogens is 278 g/mol. The van der Waals surface area contributed by atoms with Gasteiger partial charge in [-0.2, -0.15) is 0 Å². The molecular formula is C15H18ClNO3. The molecule has 4 nitrogen and oxygen atoms in total. The summed E-state index contributed by atoms with van der Waals surface area (Å²) in [6.45, 7) is 1.91. The van der Waals surface area contributed by atoms with Crippen LogP contribution in [-0.2, 0) is 9.59 Å². The van der Waals surface area contributed by atoms with E-state index in [0.717, 1.165) is 5.56 Å². The quantitative estimate of drug-likeness (QED) is 0.897. The predicted octanol–water partition coefficient (Wildman–Crippen LogP) is 3.02. The zero-order valence-electron chi connectivity index (χ0n) is 11.3. The summed E-state index contributed by atoms with van der Waals surface area (Å²) in [5.74, 6) is -1.43. The Labute approximate surface area is 123 Å². The molecule has 3 atom stereocenters. The van der Waals surface area contributed by atoms with Gasteiger partial charge in [-0.3, -0.25) is 9.59 Å². The molecule has 1 aromatic rings. The Hall–Kier alpha value is -1.55. The molecule has 1 aliphatic rings. The lowest BCUT2D eigenvalue weighted by atomic mass is 10.0. The summed E-state index contributed by atoms with van der Waals surface area (Å²) in [5.41, 5.74) is 0.982. The van der Waals surface area contributed by atoms with Crippen molar-refractivity contribution in [1.29, 1.82) is 0 Å². The van der Waals surface area contributed by atoms with Crippen LogP contribution >= 0.6 is 11.6 Å². The molecule has 0 bridgehead atoms. The van der Waals surface area contributed by atoms with Crippen molar-refractivity contribution in [3.8, 4) is 0 Å². The second-order valence-corrected chi connectivity index (χ2v) is 5.76. The highest BCUT2D eigenvalue weighted by Crippen LogP contribution is 2.31. The molecule has 2 N–H and O–H groups in total. The van der Waals surface area contributed by atoms with Gasteiger partial charge in [0.15, 0.2) is 0 Å². The third kappa shape index (κ3) is 3.51. The highest BCUT2D eigenvalue weighted by molar-refractivity contribution is 6.30. The van der Waals surface area contributed by atoms with E-state index < -0.39 is 5.97 Å². The van der Waals surface area contributed by atoms with Crippen molar-refractivity contribution in [3.63, 3.8) is 0 Å². The van der Waals surface area contributed by atoms with E-state index in [4.69, 9.17) is 16.7 Å². The molecule has 0 heterocycles. The largest absolute Gasteiger partial charge is 0.481 e. The zero-order valence-corrected chi connectivity index (χ0v) is 12.1. The maximum atomic E-state index is 12.1. The van der Waals surface area contributed by atoms with E-state index in [1.54, 1.807) is 12.1 Å². The molecule has 108 valence electrons. The Bertz CT molecular complexity index is 500. The zero-order chi connectivity index (χ0) is 14.7. The first-order chi connectivity index (χ1) is 9.47. The minimum absolute atomic E-state index is 0.0591. The van der Waals surface area contributed by atoms with Crippen molar-refractivity contribution < 1.29 is 14.7 Å². The Morgan fingerprint density at radius 1 is 1.25 bits per heavy atom. The van der Waals surface area contributed by atoms with E-state index in [0.29, 0.717) is 24.3 Å². The van der Waals surface area contributed by atoms with Gasteiger partial charge in [0.05, 0.1) is 12.0 Å². The summed E-state index contributed by atoms with van der Waals surface area (Å²) in [6.07, 6.45) is 1.67. The monoisotopic (exact) mass is 295 g/mol. The van der Waals surface area contributed by atoms with Crippen LogP contribution in [0, 0.1) is 11.8 Å². The molecule has 1 amide bonds. The van der Waals surface area contributed by atoms with Crippen LogP contribution in [-0.4, -0.2) is 17.0 Å². The van der Waals surface area contributed by atoms with Gasteiger partial charge < -0.3 is 10.4 Å². The summed E-state index contributed by atoms with van der Waals surface area (Å²) in [7, 11) is 0. The van der Waals surface area contributed by atoms with Crippen LogP contribution in [0.1, 0.15) is 37.8 Å². The van der Waals surface area contributed by atoms with Crippen LogP contribution in [0.15, 0.2) is 24.3 Å². The average molecular weight is 296 g/mol. The fraction of sp³-hybridized carbons (Fsp3) is 0.467. The van der Waals surface area contributed by atoms with Crippen molar-refractivity contribution in [3.05, 3.63) is 34.9 Å². The number of carboxylic acid groups (broad SMARTS) is 1. The van der Waals surface area contributed by atoms with E-state index in [9.17, 15) is 9.59 Å². The third-order valence-corrected chi connectivity index (χ3v) is 4.13. The van der Waals surface area contributed by atoms with Crippen LogP contribution in [0.2, 0.25) is 5.02 Å². The maximum absolute atomic E-state index is 12.1. The van der Waals surface area contributed by atoms with Gasteiger partial charge in [0, 0.05) is 10.9 Å². The first-order valence-electron chi connectivity index (χ1n) is 6.76. The molecule has 0 aromatic heterocycles. The Balaban J connectivity index is 1.91. The second kappa shape index (κ2) is 6.27. The predicted molar refractivity (Wildman–Crippen MR) is 76.5 cm³/mol. The molecule has 1 fully saturated rings. The van der Waals surface area contributed by atoms with Gasteiger partial charge in [-0.05, 0) is 43.9 Å². The number of benzene rings is 1. The number of carboxylic acids is 1. The molecule has 0 radical (unpaired) electrons. The lowest BCUT2D eigenvalue weighted by molar-refractivity contribution is -0.141. The molecule has 5 heteroatoms. The molecule has 1 saturated carbocycles. The minimum atomic E-state index is -0.800. The Morgan fingerprint density at radius 3 is 2.40 bits per heavy atom. The topological polar surface area (TPSA) is 66.4 Å². The van der Waals surface area contributed by atoms with Gasteiger partial charge in [0.1, 0.15) is 0 Å². The van der Waals surface area contributed by atoms with E-state index in [2.05, 4.69) is 5.32 Å². The number of carbonyl (C=O) groups excluding carboxylic acids is 1. The van der Waals surface area contributed by atoms with Crippen LogP contribution in [0.25, 0.3) is 0 Å². The summed E-state index contributed by atoms with van der Waals surface area (Å²) in [6, 6.07) is 7.22. The highest BCUT2D eigenvalue weighted by atomic mass is 35.5. The Morgan fingerprint density at radius 2 is 1.85 bits per heavy atom. The molecule has 20 heavy (non-hydrogen) atoms. The smallest absolute Gasteiger partial charge is 0.306 e. The second-order valence-electron chi connectivity index (χ2n) is 5.33. The number of hydrogen-bond donors (Lipinski definition) is 2. The average Bonchev–Trinajstić information content (AvgIpc) is 2.89. The SMILES string of the molecule is C[C@H](NC(=O)C1CCC(C(=O)O)C1)c1ccc(Cl)cc1. The van der Waals surface area contributed by atoms with E-state index in [1.165, 1.54) is 0 Å². The van der Waals surface area contributed by atoms with Gasteiger partial charge in [-0.25, -0.2) is 0 Å². The minimum Gasteiger partial charge on any atom is -0.481 e. The number of halogens is 1. The summed E-state index contributed by atoms with van der Waals surface area (Å²) in [5, 5.41) is 12.6. The van der Waals surface area contributed by atoms with Crippen molar-refractivity contribution >= 4 is 23.5 Å². The van der Waals surface area contributed by atoms with Gasteiger partial charge in [0.2, 0.25) is 5.91 Å². The Kier molecular flexibility index (Phi) is 4.65. The van der Waals surface area contributed by atoms with Crippen LogP contribution < -0.4 is 5.32 Å². The fourth-order valence-corrected chi connectivity index (χ4v) is 2.74.